The average molecular weight is 259 g/mol. The molecule has 0 atom stereocenters. The van der Waals surface area contributed by atoms with Crippen LogP contribution in [-0.2, 0) is 13.0 Å². The van der Waals surface area contributed by atoms with Crippen molar-refractivity contribution >= 4 is 5.82 Å². The zero-order valence-electron chi connectivity index (χ0n) is 11.8. The molecule has 1 N–H and O–H groups in total. The lowest BCUT2D eigenvalue weighted by Crippen LogP contribution is -2.05. The van der Waals surface area contributed by atoms with E-state index in [2.05, 4.69) is 34.2 Å². The van der Waals surface area contributed by atoms with Crippen LogP contribution in [0.4, 0.5) is 5.82 Å². The van der Waals surface area contributed by atoms with Crippen LogP contribution in [-0.4, -0.2) is 26.8 Å². The minimum atomic E-state index is 0.859. The molecule has 0 saturated heterocycles. The maximum absolute atomic E-state index is 4.64. The van der Waals surface area contributed by atoms with Crippen LogP contribution in [0.2, 0.25) is 0 Å². The van der Waals surface area contributed by atoms with Crippen molar-refractivity contribution in [3.05, 3.63) is 24.2 Å². The van der Waals surface area contributed by atoms with Crippen molar-refractivity contribution in [1.29, 1.82) is 0 Å². The van der Waals surface area contributed by atoms with E-state index in [1.54, 1.807) is 0 Å². The summed E-state index contributed by atoms with van der Waals surface area (Å²) in [6, 6.07) is 3.98. The molecule has 0 aliphatic carbocycles. The van der Waals surface area contributed by atoms with Crippen molar-refractivity contribution in [3.8, 4) is 11.4 Å². The Morgan fingerprint density at radius 1 is 1.21 bits per heavy atom. The largest absolute Gasteiger partial charge is 0.373 e. The van der Waals surface area contributed by atoms with E-state index in [-0.39, 0.29) is 0 Å². The van der Waals surface area contributed by atoms with Crippen molar-refractivity contribution < 1.29 is 0 Å². The first-order chi connectivity index (χ1) is 9.28. The highest BCUT2D eigenvalue weighted by Crippen LogP contribution is 2.20. The SMILES string of the molecule is CCCc1nc(NC)cc(-c2ccnn2CCC)n1. The number of nitrogens with zero attached hydrogens (tertiary/aromatic N) is 4. The third-order valence-corrected chi connectivity index (χ3v) is 2.92. The van der Waals surface area contributed by atoms with Crippen LogP contribution >= 0.6 is 0 Å². The Balaban J connectivity index is 2.42. The summed E-state index contributed by atoms with van der Waals surface area (Å²) in [5.74, 6) is 1.74. The van der Waals surface area contributed by atoms with Crippen LogP contribution in [0.25, 0.3) is 11.4 Å². The summed E-state index contributed by atoms with van der Waals surface area (Å²) >= 11 is 0. The van der Waals surface area contributed by atoms with Gasteiger partial charge >= 0.3 is 0 Å². The first-order valence-corrected chi connectivity index (χ1v) is 6.86. The molecule has 19 heavy (non-hydrogen) atoms. The van der Waals surface area contributed by atoms with Gasteiger partial charge in [-0.1, -0.05) is 13.8 Å². The molecule has 2 aromatic heterocycles. The first kappa shape index (κ1) is 13.5. The van der Waals surface area contributed by atoms with Gasteiger partial charge in [0.25, 0.3) is 0 Å². The Hall–Kier alpha value is -1.91. The van der Waals surface area contributed by atoms with E-state index in [0.717, 1.165) is 48.8 Å². The topological polar surface area (TPSA) is 55.6 Å². The molecule has 0 radical (unpaired) electrons. The Bertz CT molecular complexity index is 532. The summed E-state index contributed by atoms with van der Waals surface area (Å²) in [5, 5.41) is 7.45. The molecule has 0 aromatic carbocycles. The van der Waals surface area contributed by atoms with Crippen molar-refractivity contribution in [1.82, 2.24) is 19.7 Å². The third-order valence-electron chi connectivity index (χ3n) is 2.92. The van der Waals surface area contributed by atoms with Gasteiger partial charge in [-0.25, -0.2) is 9.97 Å². The van der Waals surface area contributed by atoms with Gasteiger partial charge in [0, 0.05) is 32.3 Å². The molecule has 0 amide bonds. The third kappa shape index (κ3) is 3.10. The lowest BCUT2D eigenvalue weighted by molar-refractivity contribution is 0.607. The molecule has 0 unspecified atom stereocenters. The Kier molecular flexibility index (Phi) is 4.49. The van der Waals surface area contributed by atoms with Crippen LogP contribution in [0.5, 0.6) is 0 Å². The van der Waals surface area contributed by atoms with Crippen molar-refractivity contribution in [2.24, 2.45) is 0 Å². The van der Waals surface area contributed by atoms with Crippen molar-refractivity contribution in [3.63, 3.8) is 0 Å². The first-order valence-electron chi connectivity index (χ1n) is 6.86. The normalized spacial score (nSPS) is 10.7. The monoisotopic (exact) mass is 259 g/mol. The molecule has 0 spiro atoms. The summed E-state index contributed by atoms with van der Waals surface area (Å²) in [7, 11) is 1.88. The number of aromatic nitrogens is 4. The number of rotatable bonds is 6. The van der Waals surface area contributed by atoms with Gasteiger partial charge in [0.05, 0.1) is 11.4 Å². The van der Waals surface area contributed by atoms with E-state index in [1.807, 2.05) is 30.1 Å². The molecule has 2 heterocycles. The zero-order valence-corrected chi connectivity index (χ0v) is 11.8. The predicted molar refractivity (Wildman–Crippen MR) is 77.1 cm³/mol. The number of hydrogen-bond acceptors (Lipinski definition) is 4. The van der Waals surface area contributed by atoms with E-state index in [9.17, 15) is 0 Å². The number of aryl methyl sites for hydroxylation is 2. The van der Waals surface area contributed by atoms with E-state index < -0.39 is 0 Å². The molecule has 0 bridgehead atoms. The molecule has 0 saturated carbocycles. The molecule has 2 rings (SSSR count). The van der Waals surface area contributed by atoms with Crippen LogP contribution in [0, 0.1) is 0 Å². The Morgan fingerprint density at radius 2 is 2.05 bits per heavy atom. The average Bonchev–Trinajstić information content (AvgIpc) is 2.87. The maximum Gasteiger partial charge on any atom is 0.131 e. The second kappa shape index (κ2) is 6.31. The summed E-state index contributed by atoms with van der Waals surface area (Å²) in [6.07, 6.45) is 4.82. The minimum Gasteiger partial charge on any atom is -0.373 e. The fourth-order valence-electron chi connectivity index (χ4n) is 2.03. The van der Waals surface area contributed by atoms with E-state index in [4.69, 9.17) is 0 Å². The van der Waals surface area contributed by atoms with Crippen molar-refractivity contribution in [2.75, 3.05) is 12.4 Å². The van der Waals surface area contributed by atoms with E-state index >= 15 is 0 Å². The van der Waals surface area contributed by atoms with Gasteiger partial charge in [0.2, 0.25) is 0 Å². The maximum atomic E-state index is 4.64. The smallest absolute Gasteiger partial charge is 0.131 e. The lowest BCUT2D eigenvalue weighted by Gasteiger charge is -2.09. The zero-order chi connectivity index (χ0) is 13.7. The summed E-state index contributed by atoms with van der Waals surface area (Å²) in [4.78, 5) is 9.12. The van der Waals surface area contributed by atoms with Gasteiger partial charge in [-0.05, 0) is 18.9 Å². The molecule has 0 aliphatic heterocycles. The van der Waals surface area contributed by atoms with Crippen LogP contribution < -0.4 is 5.32 Å². The molecule has 0 aliphatic rings. The molecule has 2 aromatic rings. The van der Waals surface area contributed by atoms with E-state index in [1.165, 1.54) is 0 Å². The van der Waals surface area contributed by atoms with Crippen LogP contribution in [0.15, 0.2) is 18.3 Å². The van der Waals surface area contributed by atoms with Gasteiger partial charge in [-0.2, -0.15) is 5.10 Å². The summed E-state index contributed by atoms with van der Waals surface area (Å²) in [5.41, 5.74) is 1.99. The fourth-order valence-corrected chi connectivity index (χ4v) is 2.03. The summed E-state index contributed by atoms with van der Waals surface area (Å²) in [6.45, 7) is 5.19. The predicted octanol–water partition coefficient (Wildman–Crippen LogP) is 2.74. The van der Waals surface area contributed by atoms with Crippen LogP contribution in [0.3, 0.4) is 0 Å². The molecular weight excluding hydrogens is 238 g/mol. The number of hydrogen-bond donors (Lipinski definition) is 1. The standard InChI is InChI=1S/C14H21N5/c1-4-6-13-17-11(10-14(15-3)18-13)12-7-8-16-19(12)9-5-2/h7-8,10H,4-6,9H2,1-3H3,(H,15,17,18). The second-order valence-electron chi connectivity index (χ2n) is 4.49. The molecule has 5 heteroatoms. The Morgan fingerprint density at radius 3 is 2.74 bits per heavy atom. The highest BCUT2D eigenvalue weighted by molar-refractivity contribution is 5.58. The van der Waals surface area contributed by atoms with Gasteiger partial charge in [-0.3, -0.25) is 4.68 Å². The lowest BCUT2D eigenvalue weighted by atomic mass is 10.2. The molecule has 0 fully saturated rings. The minimum absolute atomic E-state index is 0.859. The molecule has 5 nitrogen and oxygen atoms in total. The highest BCUT2D eigenvalue weighted by Gasteiger charge is 2.10. The van der Waals surface area contributed by atoms with E-state index in [0.29, 0.717) is 0 Å². The fraction of sp³-hybridized carbons (Fsp3) is 0.500. The molecule has 102 valence electrons. The van der Waals surface area contributed by atoms with Gasteiger partial charge in [0.15, 0.2) is 0 Å². The van der Waals surface area contributed by atoms with Crippen molar-refractivity contribution in [2.45, 2.75) is 39.7 Å². The Labute approximate surface area is 114 Å². The van der Waals surface area contributed by atoms with Gasteiger partial charge < -0.3 is 5.32 Å². The summed E-state index contributed by atoms with van der Waals surface area (Å²) < 4.78 is 2.00. The number of nitrogens with one attached hydrogen (secondary N) is 1. The van der Waals surface area contributed by atoms with Gasteiger partial charge in [0.1, 0.15) is 11.6 Å². The highest BCUT2D eigenvalue weighted by atomic mass is 15.3. The number of anilines is 1. The molecular formula is C14H21N5. The quantitative estimate of drug-likeness (QED) is 0.866. The van der Waals surface area contributed by atoms with Crippen LogP contribution in [0.1, 0.15) is 32.5 Å². The van der Waals surface area contributed by atoms with Gasteiger partial charge in [-0.15, -0.1) is 0 Å². The second-order valence-corrected chi connectivity index (χ2v) is 4.49.